The summed E-state index contributed by atoms with van der Waals surface area (Å²) in [5.74, 6) is 0. The molecule has 22 heavy (non-hydrogen) atoms. The molecule has 1 aliphatic rings. The van der Waals surface area contributed by atoms with Crippen LogP contribution in [0.25, 0.3) is 0 Å². The van der Waals surface area contributed by atoms with Crippen LogP contribution in [-0.2, 0) is 4.74 Å². The minimum Gasteiger partial charge on any atom is -0.444 e. The van der Waals surface area contributed by atoms with Crippen molar-refractivity contribution in [3.8, 4) is 0 Å². The van der Waals surface area contributed by atoms with Crippen molar-refractivity contribution in [3.63, 3.8) is 0 Å². The molecular weight excluding hydrogens is 280 g/mol. The average Bonchev–Trinajstić information content (AvgIpc) is 2.38. The minimum atomic E-state index is -0.512. The number of amides is 1. The predicted molar refractivity (Wildman–Crippen MR) is 88.1 cm³/mol. The molecule has 2 rings (SSSR count). The van der Waals surface area contributed by atoms with E-state index < -0.39 is 11.7 Å². The second-order valence-electron chi connectivity index (χ2n) is 7.47. The molecule has 0 aliphatic heterocycles. The van der Waals surface area contributed by atoms with Gasteiger partial charge in [-0.15, -0.1) is 0 Å². The SMILES string of the molecule is CC(C)(C)OC(=O)Nc1ccc(NC2CC(O)C2(C)C)cc1. The summed E-state index contributed by atoms with van der Waals surface area (Å²) in [5.41, 5.74) is 1.03. The molecule has 0 saturated heterocycles. The monoisotopic (exact) mass is 306 g/mol. The van der Waals surface area contributed by atoms with Crippen molar-refractivity contribution < 1.29 is 14.6 Å². The van der Waals surface area contributed by atoms with Gasteiger partial charge in [-0.25, -0.2) is 4.79 Å². The molecule has 1 aromatic carbocycles. The normalized spacial score (nSPS) is 23.4. The quantitative estimate of drug-likeness (QED) is 0.798. The van der Waals surface area contributed by atoms with Crippen LogP contribution in [0.2, 0.25) is 0 Å². The average molecular weight is 306 g/mol. The summed E-state index contributed by atoms with van der Waals surface area (Å²) in [7, 11) is 0. The summed E-state index contributed by atoms with van der Waals surface area (Å²) in [6.07, 6.45) is 0.0415. The first-order valence-electron chi connectivity index (χ1n) is 7.62. The number of rotatable bonds is 3. The third-order valence-corrected chi connectivity index (χ3v) is 4.09. The molecule has 1 aliphatic carbocycles. The van der Waals surface area contributed by atoms with Crippen molar-refractivity contribution in [2.24, 2.45) is 5.41 Å². The molecular formula is C17H26N2O3. The molecule has 2 atom stereocenters. The highest BCUT2D eigenvalue weighted by Gasteiger charge is 2.47. The first-order valence-corrected chi connectivity index (χ1v) is 7.62. The van der Waals surface area contributed by atoms with Gasteiger partial charge in [-0.05, 0) is 51.5 Å². The van der Waals surface area contributed by atoms with Crippen LogP contribution < -0.4 is 10.6 Å². The van der Waals surface area contributed by atoms with Crippen LogP contribution in [0.5, 0.6) is 0 Å². The van der Waals surface area contributed by atoms with Crippen LogP contribution in [0.4, 0.5) is 16.2 Å². The molecule has 5 heteroatoms. The third kappa shape index (κ3) is 3.91. The number of aliphatic hydroxyl groups is 1. The molecule has 0 spiro atoms. The Kier molecular flexibility index (Phi) is 4.38. The Hall–Kier alpha value is -1.75. The molecule has 1 saturated carbocycles. The van der Waals surface area contributed by atoms with Gasteiger partial charge in [-0.1, -0.05) is 13.8 Å². The van der Waals surface area contributed by atoms with Crippen molar-refractivity contribution >= 4 is 17.5 Å². The van der Waals surface area contributed by atoms with E-state index in [0.29, 0.717) is 5.69 Å². The standard InChI is InChI=1S/C17H26N2O3/c1-16(2,3)22-15(21)19-12-8-6-11(7-9-12)18-13-10-14(20)17(13,4)5/h6-9,13-14,18,20H,10H2,1-5H3,(H,19,21). The minimum absolute atomic E-state index is 0.118. The third-order valence-electron chi connectivity index (χ3n) is 4.09. The number of nitrogens with one attached hydrogen (secondary N) is 2. The number of hydrogen-bond donors (Lipinski definition) is 3. The van der Waals surface area contributed by atoms with E-state index in [1.54, 1.807) is 0 Å². The van der Waals surface area contributed by atoms with Crippen LogP contribution in [0, 0.1) is 5.41 Å². The van der Waals surface area contributed by atoms with E-state index in [0.717, 1.165) is 12.1 Å². The lowest BCUT2D eigenvalue weighted by molar-refractivity contribution is -0.0510. The van der Waals surface area contributed by atoms with Crippen LogP contribution in [0.15, 0.2) is 24.3 Å². The zero-order chi connectivity index (χ0) is 16.5. The fraction of sp³-hybridized carbons (Fsp3) is 0.588. The van der Waals surface area contributed by atoms with Crippen molar-refractivity contribution in [2.75, 3.05) is 10.6 Å². The van der Waals surface area contributed by atoms with E-state index in [1.165, 1.54) is 0 Å². The van der Waals surface area contributed by atoms with Gasteiger partial charge >= 0.3 is 6.09 Å². The van der Waals surface area contributed by atoms with Crippen molar-refractivity contribution in [1.82, 2.24) is 0 Å². The molecule has 1 amide bonds. The number of aliphatic hydroxyl groups excluding tert-OH is 1. The van der Waals surface area contributed by atoms with E-state index in [-0.39, 0.29) is 17.6 Å². The molecule has 0 radical (unpaired) electrons. The summed E-state index contributed by atoms with van der Waals surface area (Å²) in [4.78, 5) is 11.7. The van der Waals surface area contributed by atoms with Crippen LogP contribution in [0.1, 0.15) is 41.0 Å². The predicted octanol–water partition coefficient (Wildman–Crippen LogP) is 3.60. The lowest BCUT2D eigenvalue weighted by atomic mass is 9.64. The van der Waals surface area contributed by atoms with Gasteiger partial charge in [0.25, 0.3) is 0 Å². The van der Waals surface area contributed by atoms with E-state index in [9.17, 15) is 9.90 Å². The number of anilines is 2. The van der Waals surface area contributed by atoms with Crippen molar-refractivity contribution in [2.45, 2.75) is 58.8 Å². The van der Waals surface area contributed by atoms with Gasteiger partial charge in [0.1, 0.15) is 5.60 Å². The maximum Gasteiger partial charge on any atom is 0.412 e. The lowest BCUT2D eigenvalue weighted by Crippen LogP contribution is -2.56. The van der Waals surface area contributed by atoms with E-state index in [4.69, 9.17) is 4.74 Å². The summed E-state index contributed by atoms with van der Waals surface area (Å²) >= 11 is 0. The van der Waals surface area contributed by atoms with E-state index in [2.05, 4.69) is 24.5 Å². The Morgan fingerprint density at radius 3 is 2.23 bits per heavy atom. The molecule has 0 aromatic heterocycles. The molecule has 3 N–H and O–H groups in total. The molecule has 1 fully saturated rings. The molecule has 2 unspecified atom stereocenters. The number of carbonyl (C=O) groups is 1. The van der Waals surface area contributed by atoms with Gasteiger partial charge < -0.3 is 15.2 Å². The van der Waals surface area contributed by atoms with Gasteiger partial charge in [-0.3, -0.25) is 5.32 Å². The topological polar surface area (TPSA) is 70.6 Å². The number of ether oxygens (including phenoxy) is 1. The van der Waals surface area contributed by atoms with E-state index in [1.807, 2.05) is 45.0 Å². The number of hydrogen-bond acceptors (Lipinski definition) is 4. The molecule has 0 heterocycles. The van der Waals surface area contributed by atoms with Crippen molar-refractivity contribution in [1.29, 1.82) is 0 Å². The highest BCUT2D eigenvalue weighted by Crippen LogP contribution is 2.42. The maximum atomic E-state index is 11.7. The Morgan fingerprint density at radius 2 is 1.77 bits per heavy atom. The highest BCUT2D eigenvalue weighted by atomic mass is 16.6. The summed E-state index contributed by atoms with van der Waals surface area (Å²) in [6, 6.07) is 7.73. The largest absolute Gasteiger partial charge is 0.444 e. The zero-order valence-electron chi connectivity index (χ0n) is 13.9. The van der Waals surface area contributed by atoms with Crippen LogP contribution in [0.3, 0.4) is 0 Å². The summed E-state index contributed by atoms with van der Waals surface area (Å²) < 4.78 is 5.21. The van der Waals surface area contributed by atoms with Gasteiger partial charge in [0.15, 0.2) is 0 Å². The second-order valence-corrected chi connectivity index (χ2v) is 7.47. The Balaban J connectivity index is 1.90. The smallest absolute Gasteiger partial charge is 0.412 e. The van der Waals surface area contributed by atoms with Gasteiger partial charge in [-0.2, -0.15) is 0 Å². The van der Waals surface area contributed by atoms with Gasteiger partial charge in [0, 0.05) is 22.8 Å². The van der Waals surface area contributed by atoms with Crippen molar-refractivity contribution in [3.05, 3.63) is 24.3 Å². The molecule has 5 nitrogen and oxygen atoms in total. The number of carbonyl (C=O) groups excluding carboxylic acids is 1. The Labute approximate surface area is 132 Å². The van der Waals surface area contributed by atoms with E-state index >= 15 is 0 Å². The fourth-order valence-corrected chi connectivity index (χ4v) is 2.42. The van der Waals surface area contributed by atoms with Gasteiger partial charge in [0.05, 0.1) is 6.10 Å². The molecule has 0 bridgehead atoms. The highest BCUT2D eigenvalue weighted by molar-refractivity contribution is 5.85. The zero-order valence-corrected chi connectivity index (χ0v) is 13.9. The number of benzene rings is 1. The van der Waals surface area contributed by atoms with Crippen LogP contribution >= 0.6 is 0 Å². The summed E-state index contributed by atoms with van der Waals surface area (Å²) in [6.45, 7) is 9.59. The maximum absolute atomic E-state index is 11.7. The fourth-order valence-electron chi connectivity index (χ4n) is 2.42. The first kappa shape index (κ1) is 16.6. The molecule has 122 valence electrons. The van der Waals surface area contributed by atoms with Crippen LogP contribution in [-0.4, -0.2) is 28.9 Å². The first-order chi connectivity index (χ1) is 10.1. The Morgan fingerprint density at radius 1 is 1.23 bits per heavy atom. The second kappa shape index (κ2) is 5.80. The lowest BCUT2D eigenvalue weighted by Gasteiger charge is -2.49. The van der Waals surface area contributed by atoms with Gasteiger partial charge in [0.2, 0.25) is 0 Å². The summed E-state index contributed by atoms with van der Waals surface area (Å²) in [5, 5.41) is 15.9. The molecule has 1 aromatic rings. The Bertz CT molecular complexity index is 532.